The van der Waals surface area contributed by atoms with Crippen molar-refractivity contribution in [2.24, 2.45) is 0 Å². The second-order valence-electron chi connectivity index (χ2n) is 7.68. The van der Waals surface area contributed by atoms with Crippen LogP contribution in [0.1, 0.15) is 46.3 Å². The van der Waals surface area contributed by atoms with Gasteiger partial charge in [-0.25, -0.2) is 0 Å². The molecule has 27 heavy (non-hydrogen) atoms. The smallest absolute Gasteiger partial charge is 0.162 e. The van der Waals surface area contributed by atoms with E-state index < -0.39 is 0 Å². The first kappa shape index (κ1) is 20.1. The third-order valence-corrected chi connectivity index (χ3v) is 5.69. The molecule has 0 bridgehead atoms. The first-order valence-electron chi connectivity index (χ1n) is 9.78. The maximum atomic E-state index is 12.5. The molecule has 4 heteroatoms. The van der Waals surface area contributed by atoms with E-state index in [9.17, 15) is 4.79 Å². The Morgan fingerprint density at radius 2 is 1.85 bits per heavy atom. The molecule has 0 saturated heterocycles. The van der Waals surface area contributed by atoms with Gasteiger partial charge in [0, 0.05) is 36.6 Å². The third-order valence-electron chi connectivity index (χ3n) is 5.32. The van der Waals surface area contributed by atoms with Gasteiger partial charge in [0.1, 0.15) is 0 Å². The highest BCUT2D eigenvalue weighted by molar-refractivity contribution is 6.31. The second kappa shape index (κ2) is 9.50. The summed E-state index contributed by atoms with van der Waals surface area (Å²) in [5.41, 5.74) is 4.73. The molecule has 0 aliphatic carbocycles. The number of carbonyl (C=O) groups is 1. The minimum atomic E-state index is 0.270. The predicted molar refractivity (Wildman–Crippen MR) is 112 cm³/mol. The van der Waals surface area contributed by atoms with Gasteiger partial charge >= 0.3 is 0 Å². The zero-order valence-electron chi connectivity index (χ0n) is 16.4. The van der Waals surface area contributed by atoms with Crippen LogP contribution in [0.3, 0.4) is 0 Å². The molecule has 0 atom stereocenters. The Hall–Kier alpha value is -1.68. The standard InChI is InChI=1S/C23H29ClN2O/c1-25(14-12-18-7-3-4-8-22(18)24)13-6-5-9-23(27)19-10-11-20-16-26(2)17-21(20)15-19/h3-4,7-8,10-11,15H,5-6,9,12-14,16-17H2,1-2H3. The van der Waals surface area contributed by atoms with Crippen molar-refractivity contribution in [2.75, 3.05) is 27.2 Å². The number of hydrogen-bond acceptors (Lipinski definition) is 3. The molecule has 0 radical (unpaired) electrons. The van der Waals surface area contributed by atoms with Gasteiger partial charge in [0.15, 0.2) is 5.78 Å². The number of Topliss-reactive ketones (excluding diaryl/α,β-unsaturated/α-hetero) is 1. The Bertz CT molecular complexity index is 790. The van der Waals surface area contributed by atoms with Gasteiger partial charge in [0.25, 0.3) is 0 Å². The van der Waals surface area contributed by atoms with E-state index in [0.29, 0.717) is 6.42 Å². The maximum Gasteiger partial charge on any atom is 0.162 e. The average Bonchev–Trinajstić information content (AvgIpc) is 3.03. The van der Waals surface area contributed by atoms with Gasteiger partial charge in [-0.05, 0) is 68.7 Å². The van der Waals surface area contributed by atoms with Crippen molar-refractivity contribution in [2.45, 2.75) is 38.8 Å². The van der Waals surface area contributed by atoms with Gasteiger partial charge in [-0.15, -0.1) is 0 Å². The zero-order valence-corrected chi connectivity index (χ0v) is 17.1. The van der Waals surface area contributed by atoms with Crippen molar-refractivity contribution in [1.82, 2.24) is 9.80 Å². The van der Waals surface area contributed by atoms with Crippen molar-refractivity contribution in [3.8, 4) is 0 Å². The van der Waals surface area contributed by atoms with Crippen LogP contribution in [0.2, 0.25) is 5.02 Å². The Morgan fingerprint density at radius 3 is 2.67 bits per heavy atom. The molecule has 0 unspecified atom stereocenters. The van der Waals surface area contributed by atoms with Crippen LogP contribution >= 0.6 is 11.6 Å². The van der Waals surface area contributed by atoms with Gasteiger partial charge < -0.3 is 4.90 Å². The van der Waals surface area contributed by atoms with Crippen LogP contribution in [0.5, 0.6) is 0 Å². The summed E-state index contributed by atoms with van der Waals surface area (Å²) in [7, 11) is 4.25. The Morgan fingerprint density at radius 1 is 1.07 bits per heavy atom. The molecule has 1 aliphatic heterocycles. The van der Waals surface area contributed by atoms with Crippen LogP contribution in [-0.4, -0.2) is 42.8 Å². The number of rotatable bonds is 9. The molecular formula is C23H29ClN2O. The van der Waals surface area contributed by atoms with Crippen LogP contribution in [0, 0.1) is 0 Å². The second-order valence-corrected chi connectivity index (χ2v) is 8.09. The molecule has 1 heterocycles. The summed E-state index contributed by atoms with van der Waals surface area (Å²) in [6.45, 7) is 3.93. The molecule has 0 amide bonds. The highest BCUT2D eigenvalue weighted by Gasteiger charge is 2.17. The maximum absolute atomic E-state index is 12.5. The normalized spacial score (nSPS) is 13.9. The molecule has 0 saturated carbocycles. The lowest BCUT2D eigenvalue weighted by atomic mass is 10.0. The lowest BCUT2D eigenvalue weighted by Crippen LogP contribution is -2.22. The average molecular weight is 385 g/mol. The van der Waals surface area contributed by atoms with Crippen molar-refractivity contribution in [3.05, 3.63) is 69.7 Å². The van der Waals surface area contributed by atoms with E-state index in [1.54, 1.807) is 0 Å². The lowest BCUT2D eigenvalue weighted by Gasteiger charge is -2.16. The summed E-state index contributed by atoms with van der Waals surface area (Å²) in [5, 5.41) is 0.844. The molecule has 3 rings (SSSR count). The highest BCUT2D eigenvalue weighted by atomic mass is 35.5. The monoisotopic (exact) mass is 384 g/mol. The summed E-state index contributed by atoms with van der Waals surface area (Å²) < 4.78 is 0. The number of halogens is 1. The third kappa shape index (κ3) is 5.65. The van der Waals surface area contributed by atoms with Gasteiger partial charge in [-0.3, -0.25) is 9.69 Å². The summed E-state index contributed by atoms with van der Waals surface area (Å²) in [4.78, 5) is 17.1. The first-order valence-corrected chi connectivity index (χ1v) is 10.2. The predicted octanol–water partition coefficient (Wildman–Crippen LogP) is 4.81. The van der Waals surface area contributed by atoms with E-state index in [-0.39, 0.29) is 5.78 Å². The minimum Gasteiger partial charge on any atom is -0.306 e. The minimum absolute atomic E-state index is 0.270. The number of benzene rings is 2. The van der Waals surface area contributed by atoms with Crippen LogP contribution in [0.25, 0.3) is 0 Å². The number of ketones is 1. The molecule has 2 aromatic carbocycles. The number of unbranched alkanes of at least 4 members (excludes halogenated alkanes) is 1. The lowest BCUT2D eigenvalue weighted by molar-refractivity contribution is 0.0978. The molecule has 3 nitrogen and oxygen atoms in total. The number of carbonyl (C=O) groups excluding carboxylic acids is 1. The van der Waals surface area contributed by atoms with E-state index in [1.807, 2.05) is 24.3 Å². The number of hydrogen-bond donors (Lipinski definition) is 0. The van der Waals surface area contributed by atoms with E-state index in [0.717, 1.165) is 56.0 Å². The fraction of sp³-hybridized carbons (Fsp3) is 0.435. The van der Waals surface area contributed by atoms with Crippen molar-refractivity contribution >= 4 is 17.4 Å². The van der Waals surface area contributed by atoms with Gasteiger partial charge in [-0.1, -0.05) is 41.9 Å². The van der Waals surface area contributed by atoms with Crippen molar-refractivity contribution in [3.63, 3.8) is 0 Å². The topological polar surface area (TPSA) is 23.6 Å². The van der Waals surface area contributed by atoms with Crippen molar-refractivity contribution in [1.29, 1.82) is 0 Å². The van der Waals surface area contributed by atoms with E-state index in [1.165, 1.54) is 16.7 Å². The Kier molecular flexibility index (Phi) is 7.06. The molecule has 0 N–H and O–H groups in total. The van der Waals surface area contributed by atoms with E-state index in [4.69, 9.17) is 11.6 Å². The fourth-order valence-corrected chi connectivity index (χ4v) is 3.90. The largest absolute Gasteiger partial charge is 0.306 e. The number of fused-ring (bicyclic) bond motifs is 1. The van der Waals surface area contributed by atoms with Crippen LogP contribution in [0.15, 0.2) is 42.5 Å². The molecule has 2 aromatic rings. The van der Waals surface area contributed by atoms with E-state index in [2.05, 4.69) is 42.1 Å². The van der Waals surface area contributed by atoms with Gasteiger partial charge in [0.2, 0.25) is 0 Å². The molecule has 0 spiro atoms. The van der Waals surface area contributed by atoms with Crippen molar-refractivity contribution < 1.29 is 4.79 Å². The summed E-state index contributed by atoms with van der Waals surface area (Å²) in [6, 6.07) is 14.2. The summed E-state index contributed by atoms with van der Waals surface area (Å²) in [5.74, 6) is 0.270. The SMILES string of the molecule is CN(CCCCC(=O)c1ccc2c(c1)CN(C)C2)CCc1ccccc1Cl. The zero-order chi connectivity index (χ0) is 19.2. The van der Waals surface area contributed by atoms with Gasteiger partial charge in [-0.2, -0.15) is 0 Å². The van der Waals surface area contributed by atoms with E-state index >= 15 is 0 Å². The van der Waals surface area contributed by atoms with Gasteiger partial charge in [0.05, 0.1) is 0 Å². The molecule has 0 aromatic heterocycles. The number of nitrogens with zero attached hydrogens (tertiary/aromatic N) is 2. The molecule has 144 valence electrons. The van der Waals surface area contributed by atoms with Crippen LogP contribution < -0.4 is 0 Å². The molecular weight excluding hydrogens is 356 g/mol. The first-order chi connectivity index (χ1) is 13.0. The molecule has 0 fully saturated rings. The van der Waals surface area contributed by atoms with Crippen LogP contribution in [-0.2, 0) is 19.5 Å². The quantitative estimate of drug-likeness (QED) is 0.457. The van der Waals surface area contributed by atoms with Crippen LogP contribution in [0.4, 0.5) is 0 Å². The Balaban J connectivity index is 1.37. The summed E-state index contributed by atoms with van der Waals surface area (Å²) >= 11 is 6.21. The fourth-order valence-electron chi connectivity index (χ4n) is 3.67. The highest BCUT2D eigenvalue weighted by Crippen LogP contribution is 2.23. The number of likely N-dealkylation sites (N-methyl/N-ethyl adjacent to an activating group) is 1. The summed E-state index contributed by atoms with van der Waals surface area (Å²) in [6.07, 6.45) is 3.57. The molecule has 1 aliphatic rings. The Labute approximate surface area is 167 Å².